The number of nitrogens with zero attached hydrogens (tertiary/aromatic N) is 1. The first-order chi connectivity index (χ1) is 10.3. The van der Waals surface area contributed by atoms with Crippen molar-refractivity contribution < 1.29 is 14.3 Å². The standard InChI is InChI=1S/C17H23NO3/c19-17(14-4-2-1-3-5-14)15-6-8-18(9-7-15)12-16-13-20-10-11-21-16/h1-5,15-16H,6-13H2. The number of piperidine rings is 1. The van der Waals surface area contributed by atoms with E-state index in [2.05, 4.69) is 4.90 Å². The zero-order chi connectivity index (χ0) is 14.5. The van der Waals surface area contributed by atoms with E-state index in [9.17, 15) is 4.79 Å². The van der Waals surface area contributed by atoms with Crippen molar-refractivity contribution in [1.82, 2.24) is 4.90 Å². The molecule has 4 nitrogen and oxygen atoms in total. The van der Waals surface area contributed by atoms with E-state index in [4.69, 9.17) is 9.47 Å². The van der Waals surface area contributed by atoms with Crippen LogP contribution in [-0.2, 0) is 9.47 Å². The van der Waals surface area contributed by atoms with Gasteiger partial charge in [0.1, 0.15) is 0 Å². The molecule has 0 saturated carbocycles. The van der Waals surface area contributed by atoms with Crippen LogP contribution in [0, 0.1) is 5.92 Å². The number of carbonyl (C=O) groups is 1. The Bertz CT molecular complexity index is 448. The van der Waals surface area contributed by atoms with Gasteiger partial charge in [0.25, 0.3) is 0 Å². The normalized spacial score (nSPS) is 24.9. The maximum absolute atomic E-state index is 12.4. The first-order valence-corrected chi connectivity index (χ1v) is 7.84. The van der Waals surface area contributed by atoms with Crippen molar-refractivity contribution >= 4 is 5.78 Å². The van der Waals surface area contributed by atoms with Crippen molar-refractivity contribution in [3.05, 3.63) is 35.9 Å². The lowest BCUT2D eigenvalue weighted by Gasteiger charge is -2.34. The average molecular weight is 289 g/mol. The Kier molecular flexibility index (Phi) is 5.01. The van der Waals surface area contributed by atoms with Gasteiger partial charge in [0.15, 0.2) is 5.78 Å². The van der Waals surface area contributed by atoms with E-state index in [-0.39, 0.29) is 12.0 Å². The predicted molar refractivity (Wildman–Crippen MR) is 80.5 cm³/mol. The highest BCUT2D eigenvalue weighted by molar-refractivity contribution is 5.97. The van der Waals surface area contributed by atoms with Crippen LogP contribution in [0.4, 0.5) is 0 Å². The summed E-state index contributed by atoms with van der Waals surface area (Å²) in [6.45, 7) is 4.99. The second-order valence-electron chi connectivity index (χ2n) is 5.87. The summed E-state index contributed by atoms with van der Waals surface area (Å²) < 4.78 is 11.1. The van der Waals surface area contributed by atoms with E-state index in [1.54, 1.807) is 0 Å². The van der Waals surface area contributed by atoms with Gasteiger partial charge in [-0.05, 0) is 25.9 Å². The number of Topliss-reactive ketones (excluding diaryl/α,β-unsaturated/α-hetero) is 1. The van der Waals surface area contributed by atoms with Gasteiger partial charge < -0.3 is 14.4 Å². The summed E-state index contributed by atoms with van der Waals surface area (Å²) >= 11 is 0. The molecule has 2 fully saturated rings. The first kappa shape index (κ1) is 14.7. The molecule has 0 aromatic heterocycles. The summed E-state index contributed by atoms with van der Waals surface area (Å²) in [7, 11) is 0. The van der Waals surface area contributed by atoms with Crippen LogP contribution in [0.3, 0.4) is 0 Å². The fourth-order valence-corrected chi connectivity index (χ4v) is 3.15. The third kappa shape index (κ3) is 3.90. The second kappa shape index (κ2) is 7.16. The van der Waals surface area contributed by atoms with Crippen LogP contribution in [0.25, 0.3) is 0 Å². The molecule has 1 unspecified atom stereocenters. The number of benzene rings is 1. The van der Waals surface area contributed by atoms with Crippen molar-refractivity contribution in [2.75, 3.05) is 39.5 Å². The van der Waals surface area contributed by atoms with Crippen LogP contribution in [0.2, 0.25) is 0 Å². The predicted octanol–water partition coefficient (Wildman–Crippen LogP) is 2.00. The van der Waals surface area contributed by atoms with Crippen LogP contribution in [0.1, 0.15) is 23.2 Å². The molecule has 4 heteroatoms. The minimum Gasteiger partial charge on any atom is -0.376 e. The van der Waals surface area contributed by atoms with Crippen LogP contribution in [0.5, 0.6) is 0 Å². The van der Waals surface area contributed by atoms with Gasteiger partial charge in [-0.3, -0.25) is 4.79 Å². The Hall–Kier alpha value is -1.23. The summed E-state index contributed by atoms with van der Waals surface area (Å²) in [5, 5.41) is 0. The molecule has 0 N–H and O–H groups in total. The average Bonchev–Trinajstić information content (AvgIpc) is 2.57. The molecule has 0 radical (unpaired) electrons. The number of hydrogen-bond donors (Lipinski definition) is 0. The molecule has 1 aromatic rings. The van der Waals surface area contributed by atoms with E-state index in [1.807, 2.05) is 30.3 Å². The van der Waals surface area contributed by atoms with Crippen molar-refractivity contribution in [2.45, 2.75) is 18.9 Å². The number of likely N-dealkylation sites (tertiary alicyclic amines) is 1. The largest absolute Gasteiger partial charge is 0.376 e. The van der Waals surface area contributed by atoms with E-state index in [0.29, 0.717) is 25.6 Å². The highest BCUT2D eigenvalue weighted by Gasteiger charge is 2.27. The molecule has 0 amide bonds. The molecule has 114 valence electrons. The molecule has 21 heavy (non-hydrogen) atoms. The van der Waals surface area contributed by atoms with Gasteiger partial charge in [-0.15, -0.1) is 0 Å². The minimum atomic E-state index is 0.173. The molecule has 0 bridgehead atoms. The summed E-state index contributed by atoms with van der Waals surface area (Å²) in [5.74, 6) is 0.472. The summed E-state index contributed by atoms with van der Waals surface area (Å²) in [6, 6.07) is 9.65. The summed E-state index contributed by atoms with van der Waals surface area (Å²) in [5.41, 5.74) is 0.847. The SMILES string of the molecule is O=C(c1ccccc1)C1CCN(CC2COCCO2)CC1. The molecule has 1 atom stereocenters. The fraction of sp³-hybridized carbons (Fsp3) is 0.588. The smallest absolute Gasteiger partial charge is 0.166 e. The topological polar surface area (TPSA) is 38.8 Å². The summed E-state index contributed by atoms with van der Waals surface area (Å²) in [4.78, 5) is 14.8. The molecule has 0 spiro atoms. The Labute approximate surface area is 126 Å². The molecule has 2 saturated heterocycles. The molecule has 2 aliphatic rings. The number of ketones is 1. The first-order valence-electron chi connectivity index (χ1n) is 7.84. The Morgan fingerprint density at radius 2 is 1.90 bits per heavy atom. The van der Waals surface area contributed by atoms with Crippen molar-refractivity contribution in [1.29, 1.82) is 0 Å². The van der Waals surface area contributed by atoms with E-state index >= 15 is 0 Å². The van der Waals surface area contributed by atoms with Crippen molar-refractivity contribution in [3.8, 4) is 0 Å². The molecular formula is C17H23NO3. The van der Waals surface area contributed by atoms with Gasteiger partial charge in [-0.1, -0.05) is 30.3 Å². The van der Waals surface area contributed by atoms with Gasteiger partial charge >= 0.3 is 0 Å². The van der Waals surface area contributed by atoms with Crippen LogP contribution < -0.4 is 0 Å². The molecule has 2 heterocycles. The maximum Gasteiger partial charge on any atom is 0.166 e. The monoisotopic (exact) mass is 289 g/mol. The van der Waals surface area contributed by atoms with E-state index in [0.717, 1.165) is 38.0 Å². The Morgan fingerprint density at radius 3 is 2.57 bits per heavy atom. The molecule has 1 aromatic carbocycles. The second-order valence-corrected chi connectivity index (χ2v) is 5.87. The quantitative estimate of drug-likeness (QED) is 0.795. The highest BCUT2D eigenvalue weighted by Crippen LogP contribution is 2.22. The van der Waals surface area contributed by atoms with E-state index in [1.165, 1.54) is 0 Å². The van der Waals surface area contributed by atoms with Gasteiger partial charge in [0, 0.05) is 18.0 Å². The van der Waals surface area contributed by atoms with Crippen molar-refractivity contribution in [3.63, 3.8) is 0 Å². The van der Waals surface area contributed by atoms with E-state index < -0.39 is 0 Å². The third-order valence-corrected chi connectivity index (χ3v) is 4.36. The Morgan fingerprint density at radius 1 is 1.14 bits per heavy atom. The zero-order valence-electron chi connectivity index (χ0n) is 12.4. The number of carbonyl (C=O) groups excluding carboxylic acids is 1. The summed E-state index contributed by atoms with van der Waals surface area (Å²) in [6.07, 6.45) is 2.09. The third-order valence-electron chi connectivity index (χ3n) is 4.36. The zero-order valence-corrected chi connectivity index (χ0v) is 12.4. The van der Waals surface area contributed by atoms with Crippen LogP contribution in [0.15, 0.2) is 30.3 Å². The number of rotatable bonds is 4. The van der Waals surface area contributed by atoms with Crippen LogP contribution >= 0.6 is 0 Å². The van der Waals surface area contributed by atoms with Gasteiger partial charge in [0.05, 0.1) is 25.9 Å². The molecular weight excluding hydrogens is 266 g/mol. The maximum atomic E-state index is 12.4. The fourth-order valence-electron chi connectivity index (χ4n) is 3.15. The van der Waals surface area contributed by atoms with Crippen LogP contribution in [-0.4, -0.2) is 56.2 Å². The lowest BCUT2D eigenvalue weighted by Crippen LogP contribution is -2.44. The molecule has 0 aliphatic carbocycles. The molecule has 2 aliphatic heterocycles. The lowest BCUT2D eigenvalue weighted by molar-refractivity contribution is -0.0990. The molecule has 3 rings (SSSR count). The number of ether oxygens (including phenoxy) is 2. The van der Waals surface area contributed by atoms with Crippen molar-refractivity contribution in [2.24, 2.45) is 5.92 Å². The van der Waals surface area contributed by atoms with Gasteiger partial charge in [-0.25, -0.2) is 0 Å². The van der Waals surface area contributed by atoms with Gasteiger partial charge in [0.2, 0.25) is 0 Å². The highest BCUT2D eigenvalue weighted by atomic mass is 16.6. The number of hydrogen-bond acceptors (Lipinski definition) is 4. The Balaban J connectivity index is 1.47. The lowest BCUT2D eigenvalue weighted by atomic mass is 9.89. The van der Waals surface area contributed by atoms with Gasteiger partial charge in [-0.2, -0.15) is 0 Å². The minimum absolute atomic E-state index is 0.173.